The number of rotatable bonds is 47. The van der Waals surface area contributed by atoms with Gasteiger partial charge in [0.2, 0.25) is 0 Å². The van der Waals surface area contributed by atoms with Crippen LogP contribution in [0.25, 0.3) is 0 Å². The highest BCUT2D eigenvalue weighted by Crippen LogP contribution is 2.12. The Morgan fingerprint density at radius 2 is 0.597 bits per heavy atom. The lowest BCUT2D eigenvalue weighted by atomic mass is 10.1. The minimum absolute atomic E-state index is 0.116. The minimum Gasteiger partial charge on any atom is -0.462 e. The van der Waals surface area contributed by atoms with Crippen molar-refractivity contribution in [3.63, 3.8) is 0 Å². The summed E-state index contributed by atoms with van der Waals surface area (Å²) in [6, 6.07) is 0. The van der Waals surface area contributed by atoms with Gasteiger partial charge in [-0.1, -0.05) is 200 Å². The highest BCUT2D eigenvalue weighted by molar-refractivity contribution is 5.71. The summed E-state index contributed by atoms with van der Waals surface area (Å²) in [6.07, 6.45) is 74.7. The second-order valence-corrected chi connectivity index (χ2v) is 17.4. The molecule has 0 N–H and O–H groups in total. The first-order valence-corrected chi connectivity index (χ1v) is 27.0. The van der Waals surface area contributed by atoms with Crippen LogP contribution in [0.15, 0.2) is 122 Å². The molecule has 0 aliphatic carbocycles. The molecule has 378 valence electrons. The summed E-state index contributed by atoms with van der Waals surface area (Å²) < 4.78 is 16.7. The molecule has 1 atom stereocenters. The number of allylic oxidation sites excluding steroid dienone is 20. The predicted molar refractivity (Wildman–Crippen MR) is 288 cm³/mol. The van der Waals surface area contributed by atoms with E-state index in [1.54, 1.807) is 0 Å². The van der Waals surface area contributed by atoms with Gasteiger partial charge in [-0.3, -0.25) is 14.4 Å². The average Bonchev–Trinajstić information content (AvgIpc) is 3.33. The van der Waals surface area contributed by atoms with E-state index in [9.17, 15) is 14.4 Å². The van der Waals surface area contributed by atoms with Crippen LogP contribution in [0.3, 0.4) is 0 Å². The molecule has 67 heavy (non-hydrogen) atoms. The smallest absolute Gasteiger partial charge is 0.306 e. The van der Waals surface area contributed by atoms with Gasteiger partial charge in [0.15, 0.2) is 6.10 Å². The van der Waals surface area contributed by atoms with Gasteiger partial charge in [-0.25, -0.2) is 0 Å². The first-order valence-electron chi connectivity index (χ1n) is 27.0. The Morgan fingerprint density at radius 1 is 0.313 bits per heavy atom. The van der Waals surface area contributed by atoms with Crippen molar-refractivity contribution in [3.05, 3.63) is 122 Å². The van der Waals surface area contributed by atoms with Gasteiger partial charge in [0, 0.05) is 19.3 Å². The molecule has 0 fully saturated rings. The van der Waals surface area contributed by atoms with E-state index < -0.39 is 6.10 Å². The summed E-state index contributed by atoms with van der Waals surface area (Å²) >= 11 is 0. The van der Waals surface area contributed by atoms with Crippen molar-refractivity contribution in [3.8, 4) is 0 Å². The molecular formula is C61H98O6. The molecule has 6 heteroatoms. The molecule has 0 aliphatic heterocycles. The third-order valence-corrected chi connectivity index (χ3v) is 10.9. The summed E-state index contributed by atoms with van der Waals surface area (Å²) in [5, 5.41) is 0. The molecule has 6 nitrogen and oxygen atoms in total. The van der Waals surface area contributed by atoms with Gasteiger partial charge in [-0.15, -0.1) is 0 Å². The molecule has 0 aromatic rings. The molecule has 0 aliphatic rings. The van der Waals surface area contributed by atoms with E-state index >= 15 is 0 Å². The van der Waals surface area contributed by atoms with Crippen LogP contribution in [0.5, 0.6) is 0 Å². The SMILES string of the molecule is CC/C=C/C/C=C/C/C=C/C/C=C/C/C=C/CCCC(=O)OC[C@@H](COC(=O)CCCCCCC/C=C/C/C=C/CCCCC)OC(=O)CCCCCC/C=C/C/C=C/C/C=C/CCCCC. The zero-order valence-corrected chi connectivity index (χ0v) is 43.1. The average molecular weight is 927 g/mol. The zero-order valence-electron chi connectivity index (χ0n) is 43.1. The summed E-state index contributed by atoms with van der Waals surface area (Å²) in [6.45, 7) is 6.38. The van der Waals surface area contributed by atoms with Crippen LogP contribution in [0.2, 0.25) is 0 Å². The third kappa shape index (κ3) is 52.6. The monoisotopic (exact) mass is 927 g/mol. The maximum atomic E-state index is 12.8. The first-order chi connectivity index (χ1) is 33.0. The molecule has 0 spiro atoms. The normalized spacial score (nSPS) is 13.1. The van der Waals surface area contributed by atoms with E-state index in [0.717, 1.165) is 128 Å². The van der Waals surface area contributed by atoms with Crippen LogP contribution >= 0.6 is 0 Å². The zero-order chi connectivity index (χ0) is 48.6. The van der Waals surface area contributed by atoms with E-state index in [0.29, 0.717) is 12.8 Å². The fourth-order valence-electron chi connectivity index (χ4n) is 6.87. The van der Waals surface area contributed by atoms with Crippen LogP contribution in [0, 0.1) is 0 Å². The molecule has 0 unspecified atom stereocenters. The Hall–Kier alpha value is -4.19. The lowest BCUT2D eigenvalue weighted by Crippen LogP contribution is -2.30. The molecule has 0 bridgehead atoms. The van der Waals surface area contributed by atoms with Crippen molar-refractivity contribution in [2.45, 2.75) is 232 Å². The van der Waals surface area contributed by atoms with Crippen molar-refractivity contribution in [1.82, 2.24) is 0 Å². The lowest BCUT2D eigenvalue weighted by molar-refractivity contribution is -0.167. The first kappa shape index (κ1) is 62.8. The van der Waals surface area contributed by atoms with E-state index in [2.05, 4.69) is 142 Å². The minimum atomic E-state index is -0.822. The van der Waals surface area contributed by atoms with Crippen LogP contribution in [0.1, 0.15) is 226 Å². The molecule has 0 radical (unpaired) electrons. The molecule has 0 saturated heterocycles. The number of ether oxygens (including phenoxy) is 3. The molecule has 0 aromatic carbocycles. The quantitative estimate of drug-likeness (QED) is 0.0262. The van der Waals surface area contributed by atoms with E-state index in [-0.39, 0.29) is 44.0 Å². The third-order valence-electron chi connectivity index (χ3n) is 10.9. The molecule has 0 rings (SSSR count). The largest absolute Gasteiger partial charge is 0.462 e. The molecular weight excluding hydrogens is 829 g/mol. The molecule has 0 heterocycles. The number of esters is 3. The maximum Gasteiger partial charge on any atom is 0.306 e. The molecule has 0 saturated carbocycles. The topological polar surface area (TPSA) is 78.9 Å². The Labute approximate surface area is 412 Å². The van der Waals surface area contributed by atoms with Crippen LogP contribution < -0.4 is 0 Å². The summed E-state index contributed by atoms with van der Waals surface area (Å²) in [7, 11) is 0. The molecule has 0 amide bonds. The highest BCUT2D eigenvalue weighted by Gasteiger charge is 2.19. The van der Waals surface area contributed by atoms with Gasteiger partial charge in [0.05, 0.1) is 0 Å². The lowest BCUT2D eigenvalue weighted by Gasteiger charge is -2.18. The fourth-order valence-corrected chi connectivity index (χ4v) is 6.87. The van der Waals surface area contributed by atoms with Crippen molar-refractivity contribution in [2.75, 3.05) is 13.2 Å². The standard InChI is InChI=1S/C61H98O6/c1-4-7-10-13-16-19-22-25-28-30-33-36-39-42-45-48-51-54-60(63)66-57-58(56-65-59(62)53-50-47-44-41-38-35-32-27-24-21-18-15-12-9-6-3)67-61(64)55-52-49-46-43-40-37-34-31-29-26-23-20-17-14-11-8-5-2/h7,10,16-21,25-29,32-34,36-37,42,45,58H,4-6,8-9,11-15,22-24,30-31,35,38-41,43-44,46-57H2,1-3H3/b10-7+,19-16+,20-17+,21-18+,28-25+,29-26+,32-27+,36-33+,37-34+,45-42+/t58-/m1/s1. The van der Waals surface area contributed by atoms with Crippen LogP contribution in [-0.2, 0) is 28.6 Å². The second kappa shape index (κ2) is 54.4. The second-order valence-electron chi connectivity index (χ2n) is 17.4. The Bertz CT molecular complexity index is 1440. The van der Waals surface area contributed by atoms with E-state index in [1.807, 2.05) is 0 Å². The number of carbonyl (C=O) groups is 3. The van der Waals surface area contributed by atoms with Crippen molar-refractivity contribution in [2.24, 2.45) is 0 Å². The van der Waals surface area contributed by atoms with Gasteiger partial charge >= 0.3 is 17.9 Å². The van der Waals surface area contributed by atoms with Crippen molar-refractivity contribution in [1.29, 1.82) is 0 Å². The van der Waals surface area contributed by atoms with Crippen LogP contribution in [0.4, 0.5) is 0 Å². The Kier molecular flexibility index (Phi) is 51.0. The van der Waals surface area contributed by atoms with Crippen LogP contribution in [-0.4, -0.2) is 37.2 Å². The predicted octanol–water partition coefficient (Wildman–Crippen LogP) is 18.1. The number of unbranched alkanes of at least 4 members (excludes halogenated alkanes) is 16. The van der Waals surface area contributed by atoms with Crippen molar-refractivity contribution < 1.29 is 28.6 Å². The summed E-state index contributed by atoms with van der Waals surface area (Å²) in [5.41, 5.74) is 0. The number of hydrogen-bond acceptors (Lipinski definition) is 6. The fraction of sp³-hybridized carbons (Fsp3) is 0.623. The molecule has 0 aromatic heterocycles. The Morgan fingerprint density at radius 3 is 0.970 bits per heavy atom. The van der Waals surface area contributed by atoms with Gasteiger partial charge < -0.3 is 14.2 Å². The van der Waals surface area contributed by atoms with Gasteiger partial charge in [-0.2, -0.15) is 0 Å². The Balaban J connectivity index is 4.57. The number of carbonyl (C=O) groups excluding carboxylic acids is 3. The van der Waals surface area contributed by atoms with E-state index in [4.69, 9.17) is 14.2 Å². The van der Waals surface area contributed by atoms with Gasteiger partial charge in [0.25, 0.3) is 0 Å². The van der Waals surface area contributed by atoms with E-state index in [1.165, 1.54) is 51.4 Å². The van der Waals surface area contributed by atoms with Crippen molar-refractivity contribution >= 4 is 17.9 Å². The van der Waals surface area contributed by atoms with Gasteiger partial charge in [0.1, 0.15) is 13.2 Å². The van der Waals surface area contributed by atoms with Gasteiger partial charge in [-0.05, 0) is 128 Å². The highest BCUT2D eigenvalue weighted by atomic mass is 16.6. The summed E-state index contributed by atoms with van der Waals surface area (Å²) in [5.74, 6) is -1.02. The summed E-state index contributed by atoms with van der Waals surface area (Å²) in [4.78, 5) is 38.1. The number of hydrogen-bond donors (Lipinski definition) is 0. The maximum absolute atomic E-state index is 12.8.